The van der Waals surface area contributed by atoms with E-state index in [0.717, 1.165) is 28.8 Å². The van der Waals surface area contributed by atoms with Gasteiger partial charge in [-0.15, -0.1) is 11.3 Å². The molecule has 0 radical (unpaired) electrons. The zero-order valence-corrected chi connectivity index (χ0v) is 18.5. The smallest absolute Gasteiger partial charge is 0.410 e. The number of nitrogens with zero attached hydrogens (tertiary/aromatic N) is 1. The van der Waals surface area contributed by atoms with Crippen LogP contribution >= 0.6 is 11.3 Å². The number of likely N-dealkylation sites (tertiary alicyclic amines) is 1. The summed E-state index contributed by atoms with van der Waals surface area (Å²) >= 11 is 1.56. The number of piperidine rings is 1. The van der Waals surface area contributed by atoms with Crippen LogP contribution in [0.2, 0.25) is 0 Å². The highest BCUT2D eigenvalue weighted by Crippen LogP contribution is 2.34. The Morgan fingerprint density at radius 1 is 0.906 bits per heavy atom. The molecule has 3 aromatic rings. The Hall–Kier alpha value is -3.32. The highest BCUT2D eigenvalue weighted by molar-refractivity contribution is 7.10. The first kappa shape index (κ1) is 21.9. The van der Waals surface area contributed by atoms with Gasteiger partial charge >= 0.3 is 12.2 Å². The molecule has 1 aromatic heterocycles. The molecular weight excluding hydrogens is 424 g/mol. The lowest BCUT2D eigenvalue weighted by atomic mass is 9.95. The predicted octanol–water partition coefficient (Wildman–Crippen LogP) is 5.52. The number of hydrogen-bond acceptors (Lipinski definition) is 5. The molecule has 0 spiro atoms. The van der Waals surface area contributed by atoms with Crippen LogP contribution in [-0.4, -0.2) is 29.7 Å². The van der Waals surface area contributed by atoms with E-state index >= 15 is 0 Å². The molecule has 2 aromatic carbocycles. The fraction of sp³-hybridized carbons (Fsp3) is 0.280. The van der Waals surface area contributed by atoms with Gasteiger partial charge in [0.25, 0.3) is 0 Å². The second kappa shape index (κ2) is 10.8. The molecule has 0 saturated carbocycles. The van der Waals surface area contributed by atoms with Crippen molar-refractivity contribution in [3.63, 3.8) is 0 Å². The topological polar surface area (TPSA) is 67.9 Å². The Balaban J connectivity index is 1.42. The number of amides is 2. The Morgan fingerprint density at radius 2 is 1.56 bits per heavy atom. The largest absolute Gasteiger partial charge is 0.445 e. The van der Waals surface area contributed by atoms with Crippen molar-refractivity contribution in [3.8, 4) is 0 Å². The van der Waals surface area contributed by atoms with Crippen LogP contribution in [0, 0.1) is 0 Å². The van der Waals surface area contributed by atoms with Gasteiger partial charge in [0, 0.05) is 11.4 Å². The van der Waals surface area contributed by atoms with Gasteiger partial charge in [0.15, 0.2) is 0 Å². The monoisotopic (exact) mass is 450 g/mol. The number of carbonyl (C=O) groups is 2. The van der Waals surface area contributed by atoms with Gasteiger partial charge in [-0.3, -0.25) is 4.90 Å². The Bertz CT molecular complexity index is 995. The lowest BCUT2D eigenvalue weighted by Gasteiger charge is -2.40. The normalized spacial score (nSPS) is 18.1. The second-order valence-electron chi connectivity index (χ2n) is 7.65. The molecule has 0 bridgehead atoms. The standard InChI is InChI=1S/C25H26N2O4S/c28-24(30-17-19-9-3-1-4-10-19)26-21-13-7-15-27(23(21)22-14-8-16-32-22)25(29)31-18-20-11-5-2-6-12-20/h1-6,8-12,14,16,21,23H,7,13,15,17-18H2,(H,26,28)/t21-,23+/m0/s1. The highest BCUT2D eigenvalue weighted by atomic mass is 32.1. The van der Waals surface area contributed by atoms with E-state index in [4.69, 9.17) is 9.47 Å². The van der Waals surface area contributed by atoms with Gasteiger partial charge in [-0.1, -0.05) is 66.7 Å². The Labute approximate surface area is 191 Å². The van der Waals surface area contributed by atoms with E-state index in [1.165, 1.54) is 0 Å². The van der Waals surface area contributed by atoms with Crippen molar-refractivity contribution in [1.82, 2.24) is 10.2 Å². The summed E-state index contributed by atoms with van der Waals surface area (Å²) in [6, 6.07) is 22.5. The molecule has 1 N–H and O–H groups in total. The lowest BCUT2D eigenvalue weighted by molar-refractivity contribution is 0.0546. The summed E-state index contributed by atoms with van der Waals surface area (Å²) in [5.41, 5.74) is 1.86. The molecule has 1 saturated heterocycles. The number of ether oxygens (including phenoxy) is 2. The van der Waals surface area contributed by atoms with Crippen molar-refractivity contribution in [2.45, 2.75) is 38.1 Å². The van der Waals surface area contributed by atoms with Crippen LogP contribution in [0.15, 0.2) is 78.2 Å². The Morgan fingerprint density at radius 3 is 2.19 bits per heavy atom. The van der Waals surface area contributed by atoms with E-state index in [0.29, 0.717) is 6.54 Å². The van der Waals surface area contributed by atoms with E-state index in [9.17, 15) is 9.59 Å². The molecule has 6 nitrogen and oxygen atoms in total. The molecule has 32 heavy (non-hydrogen) atoms. The molecule has 1 fully saturated rings. The van der Waals surface area contributed by atoms with E-state index in [1.807, 2.05) is 78.2 Å². The highest BCUT2D eigenvalue weighted by Gasteiger charge is 2.38. The van der Waals surface area contributed by atoms with Gasteiger partial charge in [-0.25, -0.2) is 9.59 Å². The summed E-state index contributed by atoms with van der Waals surface area (Å²) in [6.45, 7) is 0.990. The van der Waals surface area contributed by atoms with E-state index < -0.39 is 6.09 Å². The van der Waals surface area contributed by atoms with Crippen LogP contribution in [0.25, 0.3) is 0 Å². The predicted molar refractivity (Wildman–Crippen MR) is 123 cm³/mol. The van der Waals surface area contributed by atoms with Crippen molar-refractivity contribution in [1.29, 1.82) is 0 Å². The summed E-state index contributed by atoms with van der Waals surface area (Å²) in [6.07, 6.45) is 0.661. The SMILES string of the molecule is O=C(N[C@H]1CCCN(C(=O)OCc2ccccc2)[C@H]1c1cccs1)OCc1ccccc1. The van der Waals surface area contributed by atoms with Gasteiger partial charge in [0.2, 0.25) is 0 Å². The van der Waals surface area contributed by atoms with Crippen LogP contribution < -0.4 is 5.32 Å². The molecule has 0 unspecified atom stereocenters. The molecule has 1 aliphatic rings. The van der Waals surface area contributed by atoms with Gasteiger partial charge < -0.3 is 14.8 Å². The van der Waals surface area contributed by atoms with Crippen molar-refractivity contribution in [2.24, 2.45) is 0 Å². The number of thiophene rings is 1. The first-order valence-electron chi connectivity index (χ1n) is 10.7. The van der Waals surface area contributed by atoms with Crippen molar-refractivity contribution in [3.05, 3.63) is 94.2 Å². The van der Waals surface area contributed by atoms with E-state index in [-0.39, 0.29) is 31.4 Å². The number of rotatable bonds is 6. The third-order valence-corrected chi connectivity index (χ3v) is 6.36. The van der Waals surface area contributed by atoms with Crippen LogP contribution in [0.1, 0.15) is 34.9 Å². The van der Waals surface area contributed by atoms with E-state index in [1.54, 1.807) is 16.2 Å². The molecular formula is C25H26N2O4S. The van der Waals surface area contributed by atoms with Crippen molar-refractivity contribution >= 4 is 23.5 Å². The van der Waals surface area contributed by atoms with Gasteiger partial charge in [0.1, 0.15) is 13.2 Å². The summed E-state index contributed by atoms with van der Waals surface area (Å²) in [5.74, 6) is 0. The maximum Gasteiger partial charge on any atom is 0.410 e. The zero-order chi connectivity index (χ0) is 22.2. The molecule has 2 atom stereocenters. The maximum atomic E-state index is 13.0. The summed E-state index contributed by atoms with van der Waals surface area (Å²) in [4.78, 5) is 28.2. The number of carbonyl (C=O) groups excluding carboxylic acids is 2. The summed E-state index contributed by atoms with van der Waals surface area (Å²) in [5, 5.41) is 4.96. The number of hydrogen-bond donors (Lipinski definition) is 1. The molecule has 4 rings (SSSR count). The zero-order valence-electron chi connectivity index (χ0n) is 17.7. The van der Waals surface area contributed by atoms with Gasteiger partial charge in [-0.2, -0.15) is 0 Å². The van der Waals surface area contributed by atoms with Crippen molar-refractivity contribution in [2.75, 3.05) is 6.54 Å². The minimum atomic E-state index is -0.486. The Kier molecular flexibility index (Phi) is 7.40. The van der Waals surface area contributed by atoms with Crippen molar-refractivity contribution < 1.29 is 19.1 Å². The molecule has 1 aliphatic heterocycles. The first-order chi connectivity index (χ1) is 15.7. The molecule has 2 amide bonds. The number of nitrogens with one attached hydrogen (secondary N) is 1. The third kappa shape index (κ3) is 5.68. The average Bonchev–Trinajstić information content (AvgIpc) is 3.37. The fourth-order valence-corrected chi connectivity index (χ4v) is 4.78. The fourth-order valence-electron chi connectivity index (χ4n) is 3.88. The van der Waals surface area contributed by atoms with Crippen LogP contribution in [-0.2, 0) is 22.7 Å². The summed E-state index contributed by atoms with van der Waals surface area (Å²) in [7, 11) is 0. The summed E-state index contributed by atoms with van der Waals surface area (Å²) < 4.78 is 11.0. The lowest BCUT2D eigenvalue weighted by Crippen LogP contribution is -2.51. The quantitative estimate of drug-likeness (QED) is 0.537. The molecule has 7 heteroatoms. The molecule has 0 aliphatic carbocycles. The van der Waals surface area contributed by atoms with Gasteiger partial charge in [0.05, 0.1) is 12.1 Å². The molecule has 2 heterocycles. The van der Waals surface area contributed by atoms with Crippen LogP contribution in [0.4, 0.5) is 9.59 Å². The maximum absolute atomic E-state index is 13.0. The second-order valence-corrected chi connectivity index (χ2v) is 8.63. The van der Waals surface area contributed by atoms with Crippen LogP contribution in [0.5, 0.6) is 0 Å². The number of alkyl carbamates (subject to hydrolysis) is 1. The average molecular weight is 451 g/mol. The van der Waals surface area contributed by atoms with E-state index in [2.05, 4.69) is 5.32 Å². The minimum Gasteiger partial charge on any atom is -0.445 e. The third-order valence-electron chi connectivity index (χ3n) is 5.42. The first-order valence-corrected chi connectivity index (χ1v) is 11.6. The minimum absolute atomic E-state index is 0.200. The molecule has 166 valence electrons. The number of benzene rings is 2. The van der Waals surface area contributed by atoms with Gasteiger partial charge in [-0.05, 0) is 35.4 Å². The van der Waals surface area contributed by atoms with Crippen LogP contribution in [0.3, 0.4) is 0 Å².